The zero-order valence-corrected chi connectivity index (χ0v) is 17.3. The van der Waals surface area contributed by atoms with Crippen LogP contribution in [-0.4, -0.2) is 68.6 Å². The highest BCUT2D eigenvalue weighted by atomic mass is 79.9. The fraction of sp³-hybridized carbons (Fsp3) is 0.294. The molecule has 4 rings (SSSR count). The van der Waals surface area contributed by atoms with Crippen molar-refractivity contribution in [2.75, 3.05) is 32.0 Å². The summed E-state index contributed by atoms with van der Waals surface area (Å²) in [6.07, 6.45) is 1.53. The standard InChI is InChI=1S/C17H18BrN9O3/c18-12-3-1-11(2-4-12)9-20-22-17(28)14-13(10-26-5-7-29-8-6-26)21-25-27(14)16-15(19)23-30-24-16/h1-4,9H,5-8,10H2,(H2,19,23)(H,22,28)/b20-9+. The average molecular weight is 476 g/mol. The number of amides is 1. The molecule has 3 heterocycles. The van der Waals surface area contributed by atoms with Crippen LogP contribution in [0.25, 0.3) is 5.82 Å². The first kappa shape index (κ1) is 20.1. The summed E-state index contributed by atoms with van der Waals surface area (Å²) in [5.41, 5.74) is 9.71. The van der Waals surface area contributed by atoms with E-state index in [1.807, 2.05) is 24.3 Å². The summed E-state index contributed by atoms with van der Waals surface area (Å²) in [6, 6.07) is 7.47. The Bertz CT molecular complexity index is 1040. The number of hydrazone groups is 1. The maximum absolute atomic E-state index is 12.9. The van der Waals surface area contributed by atoms with E-state index in [1.54, 1.807) is 0 Å². The third-order valence-electron chi connectivity index (χ3n) is 4.38. The number of carbonyl (C=O) groups is 1. The Morgan fingerprint density at radius 2 is 2.03 bits per heavy atom. The number of nitrogens with zero attached hydrogens (tertiary/aromatic N) is 7. The summed E-state index contributed by atoms with van der Waals surface area (Å²) < 4.78 is 12.2. The van der Waals surface area contributed by atoms with Crippen LogP contribution in [0.5, 0.6) is 0 Å². The number of hydrogen-bond acceptors (Lipinski definition) is 10. The zero-order valence-electron chi connectivity index (χ0n) is 15.7. The van der Waals surface area contributed by atoms with Gasteiger partial charge in [-0.15, -0.1) is 5.10 Å². The van der Waals surface area contributed by atoms with Crippen LogP contribution in [0.15, 0.2) is 38.5 Å². The number of nitrogens with two attached hydrogens (primary N) is 1. The molecule has 1 saturated heterocycles. The van der Waals surface area contributed by atoms with Gasteiger partial charge in [0.05, 0.1) is 19.4 Å². The van der Waals surface area contributed by atoms with E-state index in [2.05, 4.69) is 56.6 Å². The Kier molecular flexibility index (Phi) is 6.11. The molecule has 12 nitrogen and oxygen atoms in total. The van der Waals surface area contributed by atoms with Crippen LogP contribution in [0.1, 0.15) is 21.7 Å². The summed E-state index contributed by atoms with van der Waals surface area (Å²) in [4.78, 5) is 15.1. The molecule has 0 bridgehead atoms. The van der Waals surface area contributed by atoms with Crippen LogP contribution in [0.4, 0.5) is 5.82 Å². The van der Waals surface area contributed by atoms with Gasteiger partial charge in [-0.3, -0.25) is 9.69 Å². The molecule has 156 valence electrons. The highest BCUT2D eigenvalue weighted by molar-refractivity contribution is 9.10. The van der Waals surface area contributed by atoms with Gasteiger partial charge in [0.1, 0.15) is 5.69 Å². The molecule has 2 aromatic heterocycles. The van der Waals surface area contributed by atoms with Crippen LogP contribution in [-0.2, 0) is 11.3 Å². The lowest BCUT2D eigenvalue weighted by molar-refractivity contribution is 0.0335. The lowest BCUT2D eigenvalue weighted by Crippen LogP contribution is -2.36. The van der Waals surface area contributed by atoms with Gasteiger partial charge < -0.3 is 10.5 Å². The second kappa shape index (κ2) is 9.11. The predicted octanol–water partition coefficient (Wildman–Crippen LogP) is 0.591. The van der Waals surface area contributed by atoms with Gasteiger partial charge in [-0.2, -0.15) is 9.78 Å². The predicted molar refractivity (Wildman–Crippen MR) is 109 cm³/mol. The largest absolute Gasteiger partial charge is 0.379 e. The van der Waals surface area contributed by atoms with Gasteiger partial charge >= 0.3 is 0 Å². The highest BCUT2D eigenvalue weighted by Gasteiger charge is 2.26. The van der Waals surface area contributed by atoms with Crippen molar-refractivity contribution in [3.8, 4) is 5.82 Å². The van der Waals surface area contributed by atoms with E-state index in [4.69, 9.17) is 10.5 Å². The topological polar surface area (TPSA) is 150 Å². The van der Waals surface area contributed by atoms with Crippen LogP contribution in [0.2, 0.25) is 0 Å². The second-order valence-corrected chi connectivity index (χ2v) is 7.32. The average Bonchev–Trinajstić information content (AvgIpc) is 3.36. The van der Waals surface area contributed by atoms with Crippen LogP contribution >= 0.6 is 15.9 Å². The summed E-state index contributed by atoms with van der Waals surface area (Å²) in [5, 5.41) is 19.5. The number of aromatic nitrogens is 5. The number of nitrogen functional groups attached to an aromatic ring is 1. The fourth-order valence-corrected chi connectivity index (χ4v) is 3.14. The number of rotatable bonds is 6. The van der Waals surface area contributed by atoms with Crippen molar-refractivity contribution < 1.29 is 14.2 Å². The summed E-state index contributed by atoms with van der Waals surface area (Å²) >= 11 is 3.37. The minimum atomic E-state index is -0.515. The fourth-order valence-electron chi connectivity index (χ4n) is 2.87. The lowest BCUT2D eigenvalue weighted by Gasteiger charge is -2.25. The number of hydrogen-bond donors (Lipinski definition) is 2. The Balaban J connectivity index is 1.58. The summed E-state index contributed by atoms with van der Waals surface area (Å²) in [6.45, 7) is 3.10. The third kappa shape index (κ3) is 4.53. The minimum Gasteiger partial charge on any atom is -0.379 e. The molecule has 0 atom stereocenters. The second-order valence-electron chi connectivity index (χ2n) is 6.41. The molecular weight excluding hydrogens is 458 g/mol. The van der Waals surface area contributed by atoms with Gasteiger partial charge in [-0.1, -0.05) is 33.3 Å². The Morgan fingerprint density at radius 3 is 2.73 bits per heavy atom. The van der Waals surface area contributed by atoms with Crippen molar-refractivity contribution in [1.82, 2.24) is 35.6 Å². The number of benzene rings is 1. The molecule has 0 aliphatic carbocycles. The molecule has 1 amide bonds. The first-order valence-electron chi connectivity index (χ1n) is 9.04. The van der Waals surface area contributed by atoms with Gasteiger partial charge in [-0.25, -0.2) is 10.1 Å². The highest BCUT2D eigenvalue weighted by Crippen LogP contribution is 2.17. The molecule has 0 spiro atoms. The van der Waals surface area contributed by atoms with Crippen LogP contribution in [0, 0.1) is 0 Å². The molecule has 0 saturated carbocycles. The van der Waals surface area contributed by atoms with Gasteiger partial charge in [-0.05, 0) is 28.0 Å². The molecule has 0 radical (unpaired) electrons. The van der Waals surface area contributed by atoms with Crippen molar-refractivity contribution >= 4 is 33.9 Å². The minimum absolute atomic E-state index is 0.00904. The van der Waals surface area contributed by atoms with E-state index in [0.29, 0.717) is 25.5 Å². The monoisotopic (exact) mass is 475 g/mol. The number of carbonyl (C=O) groups excluding carboxylic acids is 1. The first-order chi connectivity index (χ1) is 14.6. The molecule has 1 fully saturated rings. The molecule has 0 unspecified atom stereocenters. The maximum atomic E-state index is 12.9. The molecular formula is C17H18BrN9O3. The van der Waals surface area contributed by atoms with E-state index < -0.39 is 5.91 Å². The normalized spacial score (nSPS) is 15.0. The van der Waals surface area contributed by atoms with E-state index in [-0.39, 0.29) is 17.3 Å². The molecule has 1 aliphatic heterocycles. The molecule has 30 heavy (non-hydrogen) atoms. The lowest BCUT2D eigenvalue weighted by atomic mass is 10.2. The number of nitrogens with one attached hydrogen (secondary N) is 1. The number of ether oxygens (including phenoxy) is 1. The maximum Gasteiger partial charge on any atom is 0.292 e. The number of halogens is 1. The van der Waals surface area contributed by atoms with Gasteiger partial charge in [0, 0.05) is 24.1 Å². The number of morpholine rings is 1. The van der Waals surface area contributed by atoms with E-state index in [9.17, 15) is 4.79 Å². The quantitative estimate of drug-likeness (QED) is 0.385. The zero-order chi connectivity index (χ0) is 20.9. The van der Waals surface area contributed by atoms with E-state index >= 15 is 0 Å². The molecule has 1 aromatic carbocycles. The van der Waals surface area contributed by atoms with E-state index in [0.717, 1.165) is 23.1 Å². The van der Waals surface area contributed by atoms with Gasteiger partial charge in [0.15, 0.2) is 5.69 Å². The summed E-state index contributed by atoms with van der Waals surface area (Å²) in [7, 11) is 0. The van der Waals surface area contributed by atoms with Gasteiger partial charge in [0.2, 0.25) is 11.6 Å². The van der Waals surface area contributed by atoms with Crippen molar-refractivity contribution in [1.29, 1.82) is 0 Å². The Hall–Kier alpha value is -3.16. The summed E-state index contributed by atoms with van der Waals surface area (Å²) in [5.74, 6) is -0.443. The SMILES string of the molecule is Nc1nonc1-n1nnc(CN2CCOCC2)c1C(=O)N/N=C/c1ccc(Br)cc1. The van der Waals surface area contributed by atoms with Crippen LogP contribution in [0.3, 0.4) is 0 Å². The Morgan fingerprint density at radius 1 is 1.27 bits per heavy atom. The molecule has 13 heteroatoms. The van der Waals surface area contributed by atoms with Crippen molar-refractivity contribution in [3.05, 3.63) is 45.7 Å². The van der Waals surface area contributed by atoms with Crippen molar-refractivity contribution in [3.63, 3.8) is 0 Å². The third-order valence-corrected chi connectivity index (χ3v) is 4.91. The molecule has 3 N–H and O–H groups in total. The molecule has 1 aliphatic rings. The van der Waals surface area contributed by atoms with Gasteiger partial charge in [0.25, 0.3) is 5.91 Å². The number of anilines is 1. The first-order valence-corrected chi connectivity index (χ1v) is 9.83. The smallest absolute Gasteiger partial charge is 0.292 e. The van der Waals surface area contributed by atoms with Crippen molar-refractivity contribution in [2.45, 2.75) is 6.54 Å². The van der Waals surface area contributed by atoms with Crippen LogP contribution < -0.4 is 11.2 Å². The van der Waals surface area contributed by atoms with E-state index in [1.165, 1.54) is 10.9 Å². The van der Waals surface area contributed by atoms with Crippen molar-refractivity contribution in [2.24, 2.45) is 5.10 Å². The molecule has 3 aromatic rings. The Labute approximate surface area is 179 Å².